The number of halogens is 2. The van der Waals surface area contributed by atoms with Gasteiger partial charge in [0.2, 0.25) is 0 Å². The first kappa shape index (κ1) is 34.6. The molecule has 9 heteroatoms. The van der Waals surface area contributed by atoms with Crippen LogP contribution in [0.3, 0.4) is 0 Å². The average molecular weight is 641 g/mol. The Bertz CT molecular complexity index is 1340. The number of alkyl halides is 2. The van der Waals surface area contributed by atoms with Crippen molar-refractivity contribution in [1.82, 2.24) is 19.6 Å². The number of ether oxygens (including phenoxy) is 1. The topological polar surface area (TPSA) is 70.8 Å². The molecule has 4 aliphatic rings. The molecule has 1 aromatic rings. The summed E-state index contributed by atoms with van der Waals surface area (Å²) in [5, 5.41) is 15.3. The number of aromatic nitrogens is 2. The van der Waals surface area contributed by atoms with Gasteiger partial charge in [0.25, 0.3) is 0 Å². The van der Waals surface area contributed by atoms with Crippen LogP contribution in [-0.2, 0) is 22.5 Å². The van der Waals surface area contributed by atoms with Crippen molar-refractivity contribution in [2.24, 2.45) is 23.2 Å². The molecule has 2 fully saturated rings. The molecular weight excluding hydrogens is 586 g/mol. The smallest absolute Gasteiger partial charge is 0.324 e. The molecule has 2 aliphatic carbocycles. The number of hydrogen-bond acceptors (Lipinski definition) is 5. The Morgan fingerprint density at radius 1 is 1.13 bits per heavy atom. The minimum Gasteiger partial charge on any atom is -0.494 e. The van der Waals surface area contributed by atoms with Gasteiger partial charge < -0.3 is 14.7 Å². The van der Waals surface area contributed by atoms with E-state index in [-0.39, 0.29) is 18.4 Å². The third-order valence-electron chi connectivity index (χ3n) is 11.0. The van der Waals surface area contributed by atoms with Crippen molar-refractivity contribution in [2.75, 3.05) is 46.0 Å². The van der Waals surface area contributed by atoms with Gasteiger partial charge in [-0.2, -0.15) is 5.10 Å². The number of carboxylic acids is 1. The van der Waals surface area contributed by atoms with E-state index in [0.29, 0.717) is 38.0 Å². The average Bonchev–Trinajstić information content (AvgIpc) is 3.62. The minimum absolute atomic E-state index is 0.0791. The lowest BCUT2D eigenvalue weighted by molar-refractivity contribution is -0.157. The molecule has 3 unspecified atom stereocenters. The number of likely N-dealkylation sites (tertiary alicyclic amines) is 2. The van der Waals surface area contributed by atoms with Gasteiger partial charge in [0.05, 0.1) is 18.8 Å². The molecule has 1 aromatic heterocycles. The highest BCUT2D eigenvalue weighted by atomic mass is 19.1. The van der Waals surface area contributed by atoms with Crippen LogP contribution >= 0.6 is 0 Å². The number of rotatable bonds is 12. The molecule has 0 bridgehead atoms. The van der Waals surface area contributed by atoms with Crippen molar-refractivity contribution in [3.63, 3.8) is 0 Å². The lowest BCUT2D eigenvalue weighted by Gasteiger charge is -2.45. The number of aliphatic carboxylic acids is 1. The normalized spacial score (nSPS) is 27.8. The minimum atomic E-state index is -1.04. The van der Waals surface area contributed by atoms with Gasteiger partial charge in [-0.25, -0.2) is 8.78 Å². The van der Waals surface area contributed by atoms with Crippen LogP contribution in [0.2, 0.25) is 0 Å². The first-order valence-corrected chi connectivity index (χ1v) is 17.3. The quantitative estimate of drug-likeness (QED) is 0.273. The Labute approximate surface area is 274 Å². The Kier molecular flexibility index (Phi) is 10.9. The Morgan fingerprint density at radius 2 is 1.89 bits per heavy atom. The van der Waals surface area contributed by atoms with Crippen molar-refractivity contribution in [3.05, 3.63) is 65.2 Å². The van der Waals surface area contributed by atoms with Gasteiger partial charge in [-0.05, 0) is 99.7 Å². The van der Waals surface area contributed by atoms with Crippen LogP contribution in [0.4, 0.5) is 8.78 Å². The molecule has 7 nitrogen and oxygen atoms in total. The fraction of sp³-hybridized carbons (Fsp3) is 0.676. The highest BCUT2D eigenvalue weighted by Gasteiger charge is 2.53. The van der Waals surface area contributed by atoms with Crippen LogP contribution in [0, 0.1) is 23.2 Å². The van der Waals surface area contributed by atoms with Crippen molar-refractivity contribution >= 4 is 5.97 Å². The summed E-state index contributed by atoms with van der Waals surface area (Å²) in [6.07, 6.45) is 15.2. The lowest BCUT2D eigenvalue weighted by atomic mass is 9.73. The highest BCUT2D eigenvalue weighted by molar-refractivity contribution is 5.79. The summed E-state index contributed by atoms with van der Waals surface area (Å²) in [5.74, 6) is 1.06. The summed E-state index contributed by atoms with van der Waals surface area (Å²) in [6, 6.07) is 2.20. The third kappa shape index (κ3) is 7.51. The van der Waals surface area contributed by atoms with Crippen LogP contribution in [0.15, 0.2) is 53.9 Å². The number of piperidine rings is 1. The maximum Gasteiger partial charge on any atom is 0.324 e. The Hall–Kier alpha value is -2.78. The molecule has 1 N–H and O–H groups in total. The number of nitrogens with zero attached hydrogens (tertiary/aromatic N) is 4. The molecule has 5 rings (SSSR count). The third-order valence-corrected chi connectivity index (χ3v) is 11.0. The van der Waals surface area contributed by atoms with E-state index in [1.807, 2.05) is 51.5 Å². The molecular formula is C37H54F2N4O3. The zero-order chi connectivity index (χ0) is 33.1. The van der Waals surface area contributed by atoms with E-state index >= 15 is 0 Å². The van der Waals surface area contributed by atoms with E-state index in [2.05, 4.69) is 34.1 Å². The maximum atomic E-state index is 14.5. The molecule has 0 spiro atoms. The predicted molar refractivity (Wildman–Crippen MR) is 178 cm³/mol. The molecule has 3 heterocycles. The molecule has 46 heavy (non-hydrogen) atoms. The molecule has 0 saturated carbocycles. The lowest BCUT2D eigenvalue weighted by Crippen LogP contribution is -2.59. The van der Waals surface area contributed by atoms with Crippen molar-refractivity contribution in [2.45, 2.75) is 90.9 Å². The first-order chi connectivity index (χ1) is 21.9. The van der Waals surface area contributed by atoms with Crippen LogP contribution in [-0.4, -0.2) is 88.4 Å². The van der Waals surface area contributed by atoms with Gasteiger partial charge in [-0.15, -0.1) is 0 Å². The predicted octanol–water partition coefficient (Wildman–Crippen LogP) is 6.73. The molecule has 0 aromatic carbocycles. The van der Waals surface area contributed by atoms with Gasteiger partial charge in [-0.1, -0.05) is 39.0 Å². The summed E-state index contributed by atoms with van der Waals surface area (Å²) >= 11 is 0. The second kappa shape index (κ2) is 14.5. The number of allylic oxidation sites excluding steroid dienone is 6. The number of hydrogen-bond donors (Lipinski definition) is 1. The monoisotopic (exact) mass is 640 g/mol. The van der Waals surface area contributed by atoms with Gasteiger partial charge in [0, 0.05) is 43.6 Å². The van der Waals surface area contributed by atoms with E-state index in [1.165, 1.54) is 0 Å². The largest absolute Gasteiger partial charge is 0.494 e. The molecule has 2 saturated heterocycles. The highest BCUT2D eigenvalue weighted by Crippen LogP contribution is 2.43. The standard InChI is InChI=1S/C37H54F2N4O3/c1-6-46-32-12-10-26(11-13-32)20-31-22-34(43(40-31)19-16-38)27-14-17-41(18-15-27)23-29-24-42(37(5,35(44)45)36(2,3)4)25-33(29)28-8-7-9-30(39)21-28/h7-8,10,12-13,21-22,26-27,29-30,33H,6,9,11,14-20,23-25H2,1-5H3,(H,44,45)/t26?,29-,30?,33+,37?/m0/s1. The molecule has 254 valence electrons. The van der Waals surface area contributed by atoms with Crippen LogP contribution in [0.1, 0.15) is 77.6 Å². The summed E-state index contributed by atoms with van der Waals surface area (Å²) in [4.78, 5) is 17.3. The molecule has 5 atom stereocenters. The second-order valence-electron chi connectivity index (χ2n) is 14.9. The Balaban J connectivity index is 1.25. The number of carboxylic acid groups (broad SMARTS) is 1. The SMILES string of the molecule is CCOC1=CCC(Cc2cc(C3CCN(C[C@H]4CN(C(C)(C(=O)O)C(C)(C)C)C[C@@H]4C4=CC(F)CC=C4)CC3)n(CCF)n2)C=C1. The fourth-order valence-electron chi connectivity index (χ4n) is 7.90. The zero-order valence-corrected chi connectivity index (χ0v) is 28.4. The van der Waals surface area contributed by atoms with Crippen LogP contribution in [0.25, 0.3) is 0 Å². The molecule has 0 radical (unpaired) electrons. The summed E-state index contributed by atoms with van der Waals surface area (Å²) in [5.41, 5.74) is 1.64. The van der Waals surface area contributed by atoms with E-state index < -0.39 is 29.8 Å². The van der Waals surface area contributed by atoms with Gasteiger partial charge in [-0.3, -0.25) is 14.4 Å². The van der Waals surface area contributed by atoms with Crippen molar-refractivity contribution in [1.29, 1.82) is 0 Å². The molecule has 2 aliphatic heterocycles. The second-order valence-corrected chi connectivity index (χ2v) is 14.9. The first-order valence-electron chi connectivity index (χ1n) is 17.3. The summed E-state index contributed by atoms with van der Waals surface area (Å²) in [7, 11) is 0. The number of aryl methyl sites for hydroxylation is 1. The van der Waals surface area contributed by atoms with Gasteiger partial charge in [0.15, 0.2) is 0 Å². The summed E-state index contributed by atoms with van der Waals surface area (Å²) < 4.78 is 35.6. The van der Waals surface area contributed by atoms with Crippen molar-refractivity contribution < 1.29 is 23.4 Å². The van der Waals surface area contributed by atoms with Crippen LogP contribution in [0.5, 0.6) is 0 Å². The fourth-order valence-corrected chi connectivity index (χ4v) is 7.90. The van der Waals surface area contributed by atoms with Crippen molar-refractivity contribution in [3.8, 4) is 0 Å². The van der Waals surface area contributed by atoms with E-state index in [0.717, 1.165) is 68.0 Å². The maximum absolute atomic E-state index is 14.5. The van der Waals surface area contributed by atoms with Gasteiger partial charge >= 0.3 is 5.97 Å². The van der Waals surface area contributed by atoms with Crippen LogP contribution < -0.4 is 0 Å². The Morgan fingerprint density at radius 3 is 2.50 bits per heavy atom. The van der Waals surface area contributed by atoms with Gasteiger partial charge in [0.1, 0.15) is 24.1 Å². The van der Waals surface area contributed by atoms with E-state index in [9.17, 15) is 18.7 Å². The zero-order valence-electron chi connectivity index (χ0n) is 28.4. The van der Waals surface area contributed by atoms with E-state index in [1.54, 1.807) is 6.08 Å². The summed E-state index contributed by atoms with van der Waals surface area (Å²) in [6.45, 7) is 14.2. The molecule has 0 amide bonds. The van der Waals surface area contributed by atoms with E-state index in [4.69, 9.17) is 9.84 Å². The number of carbonyl (C=O) groups is 1.